The minimum Gasteiger partial charge on any atom is -0.449 e. The van der Waals surface area contributed by atoms with Crippen LogP contribution in [0.5, 0.6) is 0 Å². The highest BCUT2D eigenvalue weighted by atomic mass is 35.5. The molecule has 1 N–H and O–H groups in total. The Morgan fingerprint density at radius 1 is 1.10 bits per heavy atom. The average Bonchev–Trinajstić information content (AvgIpc) is 2.99. The Morgan fingerprint density at radius 2 is 1.79 bits per heavy atom. The lowest BCUT2D eigenvalue weighted by Gasteiger charge is -2.15. The Morgan fingerprint density at radius 3 is 2.48 bits per heavy atom. The van der Waals surface area contributed by atoms with E-state index in [1.54, 1.807) is 6.92 Å². The lowest BCUT2D eigenvalue weighted by atomic mass is 10.1. The standard InChI is InChI=1S/C22H22ClN3O3/c1-13-10-11-14(2)18(12-13)24-21(27)16(4)29-22(28)19-15(3)25-26(20(19)23)17-8-6-5-7-9-17/h5-12,16H,1-4H3,(H,24,27)/t16-/m0/s1. The molecule has 3 rings (SSSR count). The molecule has 150 valence electrons. The molecule has 0 aliphatic rings. The zero-order chi connectivity index (χ0) is 21.1. The predicted octanol–water partition coefficient (Wildman–Crippen LogP) is 4.63. The van der Waals surface area contributed by atoms with E-state index in [-0.39, 0.29) is 10.7 Å². The van der Waals surface area contributed by atoms with E-state index in [1.807, 2.05) is 62.4 Å². The first-order valence-corrected chi connectivity index (χ1v) is 9.55. The fourth-order valence-electron chi connectivity index (χ4n) is 2.85. The molecule has 1 heterocycles. The van der Waals surface area contributed by atoms with Crippen molar-refractivity contribution < 1.29 is 14.3 Å². The van der Waals surface area contributed by atoms with Crippen molar-refractivity contribution in [2.24, 2.45) is 0 Å². The Hall–Kier alpha value is -3.12. The maximum absolute atomic E-state index is 12.7. The molecule has 0 fully saturated rings. The maximum Gasteiger partial charge on any atom is 0.344 e. The number of para-hydroxylation sites is 1. The highest BCUT2D eigenvalue weighted by Gasteiger charge is 2.26. The van der Waals surface area contributed by atoms with E-state index >= 15 is 0 Å². The van der Waals surface area contributed by atoms with Crippen LogP contribution in [0.15, 0.2) is 48.5 Å². The third kappa shape index (κ3) is 4.49. The number of ether oxygens (including phenoxy) is 1. The van der Waals surface area contributed by atoms with Gasteiger partial charge in [-0.25, -0.2) is 9.48 Å². The second-order valence-corrected chi connectivity index (χ2v) is 7.21. The van der Waals surface area contributed by atoms with Crippen molar-refractivity contribution in [1.29, 1.82) is 0 Å². The molecular formula is C22H22ClN3O3. The van der Waals surface area contributed by atoms with Gasteiger partial charge in [-0.3, -0.25) is 4.79 Å². The Bertz CT molecular complexity index is 1060. The lowest BCUT2D eigenvalue weighted by molar-refractivity contribution is -0.123. The first-order chi connectivity index (χ1) is 13.8. The van der Waals surface area contributed by atoms with Gasteiger partial charge in [0.15, 0.2) is 6.10 Å². The van der Waals surface area contributed by atoms with Gasteiger partial charge in [-0.2, -0.15) is 5.10 Å². The van der Waals surface area contributed by atoms with Crippen LogP contribution in [0.4, 0.5) is 5.69 Å². The van der Waals surface area contributed by atoms with Gasteiger partial charge >= 0.3 is 5.97 Å². The number of esters is 1. The molecule has 7 heteroatoms. The van der Waals surface area contributed by atoms with Crippen LogP contribution in [0.25, 0.3) is 5.69 Å². The molecule has 0 saturated carbocycles. The summed E-state index contributed by atoms with van der Waals surface area (Å²) in [6.07, 6.45) is -1.00. The van der Waals surface area contributed by atoms with Gasteiger partial charge in [0.25, 0.3) is 5.91 Å². The van der Waals surface area contributed by atoms with Gasteiger partial charge in [0, 0.05) is 5.69 Å². The summed E-state index contributed by atoms with van der Waals surface area (Å²) in [5.41, 5.74) is 3.91. The molecular weight excluding hydrogens is 390 g/mol. The summed E-state index contributed by atoms with van der Waals surface area (Å²) in [5.74, 6) is -1.12. The SMILES string of the molecule is Cc1ccc(C)c(NC(=O)[C@H](C)OC(=O)c2c(C)nn(-c3ccccc3)c2Cl)c1. The second kappa shape index (κ2) is 8.49. The number of aryl methyl sites for hydroxylation is 3. The van der Waals surface area contributed by atoms with Crippen LogP contribution in [-0.2, 0) is 9.53 Å². The summed E-state index contributed by atoms with van der Waals surface area (Å²) in [6.45, 7) is 7.02. The molecule has 0 aliphatic heterocycles. The molecule has 6 nitrogen and oxygen atoms in total. The number of hydrogen-bond donors (Lipinski definition) is 1. The topological polar surface area (TPSA) is 73.2 Å². The third-order valence-electron chi connectivity index (χ3n) is 4.51. The molecule has 1 amide bonds. The fraction of sp³-hybridized carbons (Fsp3) is 0.227. The molecule has 0 unspecified atom stereocenters. The summed E-state index contributed by atoms with van der Waals surface area (Å²) < 4.78 is 6.83. The summed E-state index contributed by atoms with van der Waals surface area (Å²) in [7, 11) is 0. The zero-order valence-electron chi connectivity index (χ0n) is 16.7. The smallest absolute Gasteiger partial charge is 0.344 e. The average molecular weight is 412 g/mol. The predicted molar refractivity (Wildman–Crippen MR) is 113 cm³/mol. The molecule has 0 spiro atoms. The van der Waals surface area contributed by atoms with Crippen LogP contribution in [-0.4, -0.2) is 27.8 Å². The number of aromatic nitrogens is 2. The minimum atomic E-state index is -1.00. The first-order valence-electron chi connectivity index (χ1n) is 9.17. The van der Waals surface area contributed by atoms with E-state index in [0.717, 1.165) is 16.8 Å². The van der Waals surface area contributed by atoms with Crippen molar-refractivity contribution in [3.63, 3.8) is 0 Å². The molecule has 0 aliphatic carbocycles. The first kappa shape index (κ1) is 20.6. The molecule has 0 radical (unpaired) electrons. The molecule has 1 atom stereocenters. The van der Waals surface area contributed by atoms with Crippen LogP contribution in [0.2, 0.25) is 5.15 Å². The summed E-state index contributed by atoms with van der Waals surface area (Å²) >= 11 is 6.39. The maximum atomic E-state index is 12.7. The number of carbonyl (C=O) groups excluding carboxylic acids is 2. The Labute approximate surface area is 174 Å². The van der Waals surface area contributed by atoms with Crippen LogP contribution in [0.1, 0.15) is 34.1 Å². The van der Waals surface area contributed by atoms with Crippen LogP contribution in [0.3, 0.4) is 0 Å². The molecule has 0 bridgehead atoms. The normalized spacial score (nSPS) is 11.8. The second-order valence-electron chi connectivity index (χ2n) is 6.85. The molecule has 3 aromatic rings. The van der Waals surface area contributed by atoms with Gasteiger partial charge < -0.3 is 10.1 Å². The van der Waals surface area contributed by atoms with Gasteiger partial charge in [0.2, 0.25) is 0 Å². The van der Waals surface area contributed by atoms with Gasteiger partial charge in [0.05, 0.1) is 11.4 Å². The van der Waals surface area contributed by atoms with E-state index in [9.17, 15) is 9.59 Å². The summed E-state index contributed by atoms with van der Waals surface area (Å²) in [6, 6.07) is 15.0. The van der Waals surface area contributed by atoms with E-state index < -0.39 is 18.0 Å². The van der Waals surface area contributed by atoms with Crippen molar-refractivity contribution >= 4 is 29.2 Å². The Kier molecular flexibility index (Phi) is 6.03. The monoisotopic (exact) mass is 411 g/mol. The van der Waals surface area contributed by atoms with Crippen molar-refractivity contribution in [1.82, 2.24) is 9.78 Å². The number of halogens is 1. The van der Waals surface area contributed by atoms with Gasteiger partial charge in [-0.1, -0.05) is 41.9 Å². The third-order valence-corrected chi connectivity index (χ3v) is 4.86. The van der Waals surface area contributed by atoms with Crippen molar-refractivity contribution in [2.45, 2.75) is 33.8 Å². The highest BCUT2D eigenvalue weighted by Crippen LogP contribution is 2.25. The number of rotatable bonds is 5. The fourth-order valence-corrected chi connectivity index (χ4v) is 3.20. The van der Waals surface area contributed by atoms with Crippen molar-refractivity contribution in [3.8, 4) is 5.69 Å². The molecule has 0 saturated heterocycles. The number of amides is 1. The molecule has 2 aromatic carbocycles. The lowest BCUT2D eigenvalue weighted by Crippen LogP contribution is -2.30. The largest absolute Gasteiger partial charge is 0.449 e. The van der Waals surface area contributed by atoms with E-state index in [2.05, 4.69) is 10.4 Å². The number of anilines is 1. The van der Waals surface area contributed by atoms with E-state index in [0.29, 0.717) is 11.4 Å². The van der Waals surface area contributed by atoms with Gasteiger partial charge in [-0.05, 0) is 57.0 Å². The number of nitrogens with one attached hydrogen (secondary N) is 1. The quantitative estimate of drug-likeness (QED) is 0.621. The number of carbonyl (C=O) groups is 2. The Balaban J connectivity index is 1.75. The molecule has 1 aromatic heterocycles. The van der Waals surface area contributed by atoms with Crippen LogP contribution in [0, 0.1) is 20.8 Å². The summed E-state index contributed by atoms with van der Waals surface area (Å²) in [5, 5.41) is 7.26. The number of nitrogens with zero attached hydrogens (tertiary/aromatic N) is 2. The van der Waals surface area contributed by atoms with Crippen molar-refractivity contribution in [2.75, 3.05) is 5.32 Å². The van der Waals surface area contributed by atoms with E-state index in [1.165, 1.54) is 11.6 Å². The number of hydrogen-bond acceptors (Lipinski definition) is 4. The highest BCUT2D eigenvalue weighted by molar-refractivity contribution is 6.33. The van der Waals surface area contributed by atoms with Crippen molar-refractivity contribution in [3.05, 3.63) is 76.1 Å². The van der Waals surface area contributed by atoms with Crippen LogP contribution >= 0.6 is 11.6 Å². The van der Waals surface area contributed by atoms with E-state index in [4.69, 9.17) is 16.3 Å². The van der Waals surface area contributed by atoms with Gasteiger partial charge in [-0.15, -0.1) is 0 Å². The van der Waals surface area contributed by atoms with Crippen LogP contribution < -0.4 is 5.32 Å². The summed E-state index contributed by atoms with van der Waals surface area (Å²) in [4.78, 5) is 25.2. The number of benzene rings is 2. The molecule has 29 heavy (non-hydrogen) atoms. The minimum absolute atomic E-state index is 0.140. The van der Waals surface area contributed by atoms with Gasteiger partial charge in [0.1, 0.15) is 10.7 Å². The zero-order valence-corrected chi connectivity index (χ0v) is 17.4.